The number of carboxylic acid groups (broad SMARTS) is 3. The lowest BCUT2D eigenvalue weighted by Gasteiger charge is -2.50. The van der Waals surface area contributed by atoms with Gasteiger partial charge in [0.05, 0.1) is 6.54 Å². The number of quaternary nitrogens is 1. The maximum atomic E-state index is 12.6. The lowest BCUT2D eigenvalue weighted by molar-refractivity contribution is -0.973. The van der Waals surface area contributed by atoms with E-state index in [0.717, 1.165) is 32.1 Å². The highest BCUT2D eigenvalue weighted by atomic mass is 16.4. The molecule has 0 aliphatic heterocycles. The van der Waals surface area contributed by atoms with Gasteiger partial charge in [-0.15, -0.1) is 0 Å². The molecule has 0 aliphatic carbocycles. The zero-order chi connectivity index (χ0) is 29.5. The Hall–Kier alpha value is -1.89. The van der Waals surface area contributed by atoms with Crippen molar-refractivity contribution in [1.82, 2.24) is 0 Å². The maximum absolute atomic E-state index is 12.6. The van der Waals surface area contributed by atoms with Crippen LogP contribution in [0, 0.1) is 0 Å². The summed E-state index contributed by atoms with van der Waals surface area (Å²) in [6, 6.07) is -3.14. The first kappa shape index (κ1) is 37.1. The Labute approximate surface area is 238 Å². The molecular formula is C32H60NO6+. The van der Waals surface area contributed by atoms with Crippen LogP contribution in [0.2, 0.25) is 0 Å². The summed E-state index contributed by atoms with van der Waals surface area (Å²) in [6.07, 6.45) is 21.7. The van der Waals surface area contributed by atoms with Crippen molar-refractivity contribution in [1.29, 1.82) is 0 Å². The second kappa shape index (κ2) is 22.9. The third-order valence-corrected chi connectivity index (χ3v) is 8.09. The third kappa shape index (κ3) is 13.8. The zero-order valence-corrected chi connectivity index (χ0v) is 25.5. The van der Waals surface area contributed by atoms with E-state index in [1.54, 1.807) is 0 Å². The molecule has 3 N–H and O–H groups in total. The Morgan fingerprint density at radius 3 is 1.18 bits per heavy atom. The molecule has 0 amide bonds. The second-order valence-corrected chi connectivity index (χ2v) is 11.2. The molecule has 7 heteroatoms. The van der Waals surface area contributed by atoms with Crippen LogP contribution in [0.4, 0.5) is 0 Å². The molecular weight excluding hydrogens is 494 g/mol. The van der Waals surface area contributed by atoms with Crippen LogP contribution < -0.4 is 0 Å². The van der Waals surface area contributed by atoms with Gasteiger partial charge in [0.25, 0.3) is 0 Å². The molecule has 0 heterocycles. The highest BCUT2D eigenvalue weighted by Crippen LogP contribution is 2.34. The average Bonchev–Trinajstić information content (AvgIpc) is 2.89. The molecule has 0 aromatic heterocycles. The molecule has 3 atom stereocenters. The number of unbranched alkanes of at least 4 members (excludes halogenated alkanes) is 11. The van der Waals surface area contributed by atoms with Crippen LogP contribution in [0.15, 0.2) is 12.2 Å². The first-order valence-electron chi connectivity index (χ1n) is 15.9. The van der Waals surface area contributed by atoms with Crippen molar-refractivity contribution in [3.05, 3.63) is 12.2 Å². The van der Waals surface area contributed by atoms with Gasteiger partial charge < -0.3 is 15.3 Å². The van der Waals surface area contributed by atoms with E-state index in [2.05, 4.69) is 19.1 Å². The molecule has 3 unspecified atom stereocenters. The van der Waals surface area contributed by atoms with Gasteiger partial charge in [-0.05, 0) is 57.8 Å². The summed E-state index contributed by atoms with van der Waals surface area (Å²) in [5, 5.41) is 30.8. The number of hydrogen-bond acceptors (Lipinski definition) is 3. The van der Waals surface area contributed by atoms with Gasteiger partial charge in [0.15, 0.2) is 18.1 Å². The van der Waals surface area contributed by atoms with E-state index in [4.69, 9.17) is 0 Å². The fourth-order valence-electron chi connectivity index (χ4n) is 6.10. The molecule has 0 aromatic carbocycles. The fraction of sp³-hybridized carbons (Fsp3) is 0.844. The van der Waals surface area contributed by atoms with Crippen molar-refractivity contribution in [2.75, 3.05) is 6.54 Å². The van der Waals surface area contributed by atoms with Crippen LogP contribution in [0.3, 0.4) is 0 Å². The van der Waals surface area contributed by atoms with E-state index in [1.165, 1.54) is 44.9 Å². The number of rotatable bonds is 27. The summed E-state index contributed by atoms with van der Waals surface area (Å²) in [6.45, 7) is 8.12. The standard InChI is InChI=1S/C32H59NO6/c1-5-9-10-11-12-13-14-15-16-17-18-19-20-21-22-26-33(27(23-6-2)30(34)35,28(24-7-3)31(36)37)29(25-8-4)32(38)39/h12-13,27-29H,5-11,14-26H2,1-4H3,(H2-,34,35,36,37,38,39)/p+1/b13-12+. The number of hydrogen-bond donors (Lipinski definition) is 3. The van der Waals surface area contributed by atoms with E-state index in [-0.39, 0.29) is 30.3 Å². The van der Waals surface area contributed by atoms with Gasteiger partial charge >= 0.3 is 17.9 Å². The second-order valence-electron chi connectivity index (χ2n) is 11.2. The lowest BCUT2D eigenvalue weighted by Crippen LogP contribution is -2.72. The van der Waals surface area contributed by atoms with Gasteiger partial charge in [-0.25, -0.2) is 14.4 Å². The van der Waals surface area contributed by atoms with Crippen LogP contribution in [0.25, 0.3) is 0 Å². The van der Waals surface area contributed by atoms with Gasteiger partial charge in [0.1, 0.15) is 0 Å². The van der Waals surface area contributed by atoms with Gasteiger partial charge in [-0.2, -0.15) is 0 Å². The van der Waals surface area contributed by atoms with E-state index in [0.29, 0.717) is 25.7 Å². The molecule has 0 fully saturated rings. The van der Waals surface area contributed by atoms with E-state index in [9.17, 15) is 29.7 Å². The predicted octanol–water partition coefficient (Wildman–Crippen LogP) is 8.21. The van der Waals surface area contributed by atoms with Crippen molar-refractivity contribution in [3.8, 4) is 0 Å². The highest BCUT2D eigenvalue weighted by Gasteiger charge is 2.56. The van der Waals surface area contributed by atoms with Crippen molar-refractivity contribution >= 4 is 17.9 Å². The van der Waals surface area contributed by atoms with E-state index in [1.807, 2.05) is 20.8 Å². The number of nitrogens with zero attached hydrogens (tertiary/aromatic N) is 1. The number of allylic oxidation sites excluding steroid dienone is 2. The van der Waals surface area contributed by atoms with Gasteiger partial charge in [-0.1, -0.05) is 84.8 Å². The highest BCUT2D eigenvalue weighted by molar-refractivity contribution is 5.78. The predicted molar refractivity (Wildman–Crippen MR) is 159 cm³/mol. The first-order chi connectivity index (χ1) is 18.7. The summed E-state index contributed by atoms with van der Waals surface area (Å²) in [5.41, 5.74) is 0. The molecule has 0 aliphatic rings. The summed E-state index contributed by atoms with van der Waals surface area (Å²) >= 11 is 0. The zero-order valence-electron chi connectivity index (χ0n) is 25.5. The molecule has 39 heavy (non-hydrogen) atoms. The molecule has 0 rings (SSSR count). The molecule has 0 aromatic rings. The molecule has 0 spiro atoms. The molecule has 7 nitrogen and oxygen atoms in total. The largest absolute Gasteiger partial charge is 0.477 e. The smallest absolute Gasteiger partial charge is 0.362 e. The normalized spacial score (nSPS) is 15.6. The van der Waals surface area contributed by atoms with Crippen molar-refractivity contribution in [2.24, 2.45) is 0 Å². The van der Waals surface area contributed by atoms with Gasteiger partial charge in [0.2, 0.25) is 0 Å². The summed E-state index contributed by atoms with van der Waals surface area (Å²) in [4.78, 5) is 37.7. The van der Waals surface area contributed by atoms with Crippen LogP contribution >= 0.6 is 0 Å². The lowest BCUT2D eigenvalue weighted by atomic mass is 9.91. The molecule has 0 saturated heterocycles. The minimum Gasteiger partial charge on any atom is -0.477 e. The summed E-state index contributed by atoms with van der Waals surface area (Å²) in [5.74, 6) is -3.26. The van der Waals surface area contributed by atoms with Crippen molar-refractivity contribution in [2.45, 2.75) is 168 Å². The Morgan fingerprint density at radius 2 is 0.846 bits per heavy atom. The number of carboxylic acids is 3. The van der Waals surface area contributed by atoms with E-state index >= 15 is 0 Å². The van der Waals surface area contributed by atoms with Gasteiger partial charge in [0, 0.05) is 19.3 Å². The molecule has 0 radical (unpaired) electrons. The fourth-order valence-corrected chi connectivity index (χ4v) is 6.10. The Morgan fingerprint density at radius 1 is 0.513 bits per heavy atom. The quantitative estimate of drug-likeness (QED) is 0.0536. The van der Waals surface area contributed by atoms with Gasteiger partial charge in [-0.3, -0.25) is 4.48 Å². The summed E-state index contributed by atoms with van der Waals surface area (Å²) < 4.78 is -0.374. The monoisotopic (exact) mass is 554 g/mol. The van der Waals surface area contributed by atoms with Crippen LogP contribution in [0.5, 0.6) is 0 Å². The Bertz CT molecular complexity index is 632. The number of carbonyl (C=O) groups is 3. The van der Waals surface area contributed by atoms with E-state index < -0.39 is 36.0 Å². The Balaban J connectivity index is 5.22. The van der Waals surface area contributed by atoms with Crippen LogP contribution in [0.1, 0.15) is 150 Å². The molecule has 0 saturated carbocycles. The first-order valence-corrected chi connectivity index (χ1v) is 15.9. The summed E-state index contributed by atoms with van der Waals surface area (Å²) in [7, 11) is 0. The third-order valence-electron chi connectivity index (χ3n) is 8.09. The molecule has 0 bridgehead atoms. The number of aliphatic carboxylic acids is 3. The average molecular weight is 555 g/mol. The maximum Gasteiger partial charge on any atom is 0.362 e. The van der Waals surface area contributed by atoms with Crippen LogP contribution in [-0.4, -0.2) is 62.4 Å². The SMILES string of the molecule is CCCCC/C=C/CCCCCCCCCC[N+](C(CCC)C(=O)O)(C(CCC)C(=O)O)C(CCC)C(=O)O. The minimum absolute atomic E-state index is 0.268. The molecule has 228 valence electrons. The Kier molecular flexibility index (Phi) is 21.8. The minimum atomic E-state index is -1.09. The van der Waals surface area contributed by atoms with Crippen LogP contribution in [-0.2, 0) is 14.4 Å². The topological polar surface area (TPSA) is 112 Å². The van der Waals surface area contributed by atoms with Crippen molar-refractivity contribution in [3.63, 3.8) is 0 Å². The van der Waals surface area contributed by atoms with Crippen molar-refractivity contribution < 1.29 is 34.2 Å².